The van der Waals surface area contributed by atoms with Crippen LogP contribution in [0.1, 0.15) is 23.1 Å². The van der Waals surface area contributed by atoms with Gasteiger partial charge >= 0.3 is 5.97 Å². The fourth-order valence-corrected chi connectivity index (χ4v) is 1.56. The van der Waals surface area contributed by atoms with Crippen LogP contribution in [-0.4, -0.2) is 22.0 Å². The van der Waals surface area contributed by atoms with Crippen molar-refractivity contribution in [2.24, 2.45) is 0 Å². The molecule has 0 aliphatic heterocycles. The molecule has 2 aromatic heterocycles. The normalized spacial score (nSPS) is 10.3. The van der Waals surface area contributed by atoms with Crippen molar-refractivity contribution in [1.29, 1.82) is 0 Å². The molecule has 0 radical (unpaired) electrons. The second-order valence-corrected chi connectivity index (χ2v) is 3.20. The number of pyridine rings is 1. The van der Waals surface area contributed by atoms with Crippen molar-refractivity contribution in [3.05, 3.63) is 42.4 Å². The van der Waals surface area contributed by atoms with Gasteiger partial charge in [-0.2, -0.15) is 0 Å². The van der Waals surface area contributed by atoms with E-state index in [2.05, 4.69) is 11.6 Å². The molecule has 0 saturated carbocycles. The highest BCUT2D eigenvalue weighted by molar-refractivity contribution is 5.92. The van der Waals surface area contributed by atoms with E-state index >= 15 is 0 Å². The molecule has 0 spiro atoms. The van der Waals surface area contributed by atoms with Crippen LogP contribution in [0.25, 0.3) is 11.7 Å². The SMILES string of the molecule is C=Cc1c(C(=O)OCC)nc2ccccn12. The number of esters is 1. The summed E-state index contributed by atoms with van der Waals surface area (Å²) in [6.45, 7) is 5.79. The number of hydrogen-bond donors (Lipinski definition) is 0. The van der Waals surface area contributed by atoms with Crippen LogP contribution < -0.4 is 0 Å². The maximum Gasteiger partial charge on any atom is 0.359 e. The van der Waals surface area contributed by atoms with Gasteiger partial charge in [-0.3, -0.25) is 4.40 Å². The van der Waals surface area contributed by atoms with Gasteiger partial charge in [-0.15, -0.1) is 0 Å². The Hall–Kier alpha value is -2.10. The average Bonchev–Trinajstić information content (AvgIpc) is 2.67. The molecule has 2 rings (SSSR count). The summed E-state index contributed by atoms with van der Waals surface area (Å²) in [7, 11) is 0. The predicted molar refractivity (Wildman–Crippen MR) is 61.2 cm³/mol. The maximum atomic E-state index is 11.6. The average molecular weight is 216 g/mol. The lowest BCUT2D eigenvalue weighted by Crippen LogP contribution is -2.06. The van der Waals surface area contributed by atoms with Crippen molar-refractivity contribution >= 4 is 17.7 Å². The van der Waals surface area contributed by atoms with Gasteiger partial charge in [0.25, 0.3) is 0 Å². The number of imidazole rings is 1. The van der Waals surface area contributed by atoms with Gasteiger partial charge in [-0.1, -0.05) is 12.6 Å². The first-order chi connectivity index (χ1) is 7.77. The summed E-state index contributed by atoms with van der Waals surface area (Å²) in [6, 6.07) is 5.57. The van der Waals surface area contributed by atoms with Crippen molar-refractivity contribution in [3.8, 4) is 0 Å². The third-order valence-corrected chi connectivity index (χ3v) is 2.23. The molecule has 0 saturated heterocycles. The first kappa shape index (κ1) is 10.4. The topological polar surface area (TPSA) is 43.6 Å². The van der Waals surface area contributed by atoms with E-state index in [-0.39, 0.29) is 0 Å². The molecule has 2 heterocycles. The van der Waals surface area contributed by atoms with Gasteiger partial charge in [0.1, 0.15) is 5.65 Å². The number of rotatable bonds is 3. The molecule has 0 fully saturated rings. The fourth-order valence-electron chi connectivity index (χ4n) is 1.56. The lowest BCUT2D eigenvalue weighted by atomic mass is 10.3. The number of carbonyl (C=O) groups excluding carboxylic acids is 1. The van der Waals surface area contributed by atoms with Crippen molar-refractivity contribution in [1.82, 2.24) is 9.38 Å². The quantitative estimate of drug-likeness (QED) is 0.738. The van der Waals surface area contributed by atoms with Gasteiger partial charge in [-0.25, -0.2) is 9.78 Å². The zero-order chi connectivity index (χ0) is 11.5. The Labute approximate surface area is 93.2 Å². The summed E-state index contributed by atoms with van der Waals surface area (Å²) in [4.78, 5) is 15.9. The number of carbonyl (C=O) groups is 1. The largest absolute Gasteiger partial charge is 0.461 e. The third-order valence-electron chi connectivity index (χ3n) is 2.23. The summed E-state index contributed by atoms with van der Waals surface area (Å²) in [5, 5.41) is 0. The highest BCUT2D eigenvalue weighted by atomic mass is 16.5. The molecule has 16 heavy (non-hydrogen) atoms. The molecule has 4 nitrogen and oxygen atoms in total. The Morgan fingerprint density at radius 1 is 1.62 bits per heavy atom. The highest BCUT2D eigenvalue weighted by Gasteiger charge is 2.17. The van der Waals surface area contributed by atoms with E-state index in [1.807, 2.05) is 24.4 Å². The second-order valence-electron chi connectivity index (χ2n) is 3.20. The molecule has 0 unspecified atom stereocenters. The zero-order valence-corrected chi connectivity index (χ0v) is 9.01. The zero-order valence-electron chi connectivity index (χ0n) is 9.01. The molecular weight excluding hydrogens is 204 g/mol. The lowest BCUT2D eigenvalue weighted by Gasteiger charge is -1.99. The van der Waals surface area contributed by atoms with Crippen LogP contribution in [0.15, 0.2) is 31.0 Å². The molecule has 0 atom stereocenters. The van der Waals surface area contributed by atoms with Gasteiger partial charge in [-0.05, 0) is 25.1 Å². The number of nitrogens with zero attached hydrogens (tertiary/aromatic N) is 2. The molecule has 0 amide bonds. The monoisotopic (exact) mass is 216 g/mol. The Kier molecular flexibility index (Phi) is 2.72. The second kappa shape index (κ2) is 4.18. The fraction of sp³-hybridized carbons (Fsp3) is 0.167. The van der Waals surface area contributed by atoms with E-state index < -0.39 is 5.97 Å². The third kappa shape index (κ3) is 1.58. The molecule has 2 aromatic rings. The molecular formula is C12H12N2O2. The molecule has 0 aliphatic rings. The molecule has 4 heteroatoms. The standard InChI is InChI=1S/C12H12N2O2/c1-3-9-11(12(15)16-4-2)13-10-7-5-6-8-14(9)10/h3,5-8H,1,4H2,2H3. The van der Waals surface area contributed by atoms with Crippen LogP contribution in [-0.2, 0) is 4.74 Å². The number of hydrogen-bond acceptors (Lipinski definition) is 3. The first-order valence-corrected chi connectivity index (χ1v) is 5.04. The highest BCUT2D eigenvalue weighted by Crippen LogP contribution is 2.14. The summed E-state index contributed by atoms with van der Waals surface area (Å²) >= 11 is 0. The molecule has 0 aliphatic carbocycles. The summed E-state index contributed by atoms with van der Waals surface area (Å²) < 4.78 is 6.74. The minimum absolute atomic E-state index is 0.308. The minimum Gasteiger partial charge on any atom is -0.461 e. The Morgan fingerprint density at radius 3 is 3.12 bits per heavy atom. The number of aromatic nitrogens is 2. The molecule has 0 bridgehead atoms. The first-order valence-electron chi connectivity index (χ1n) is 5.04. The summed E-state index contributed by atoms with van der Waals surface area (Å²) in [5.41, 5.74) is 1.68. The van der Waals surface area contributed by atoms with Crippen molar-refractivity contribution in [2.45, 2.75) is 6.92 Å². The van der Waals surface area contributed by atoms with Gasteiger partial charge in [0.15, 0.2) is 5.69 Å². The Morgan fingerprint density at radius 2 is 2.44 bits per heavy atom. The number of ether oxygens (including phenoxy) is 1. The van der Waals surface area contributed by atoms with Crippen LogP contribution in [0.5, 0.6) is 0 Å². The minimum atomic E-state index is -0.416. The maximum absolute atomic E-state index is 11.6. The van der Waals surface area contributed by atoms with E-state index in [9.17, 15) is 4.79 Å². The van der Waals surface area contributed by atoms with Crippen LogP contribution in [0.4, 0.5) is 0 Å². The van der Waals surface area contributed by atoms with Crippen molar-refractivity contribution in [2.75, 3.05) is 6.61 Å². The van der Waals surface area contributed by atoms with E-state index in [0.29, 0.717) is 23.6 Å². The van der Waals surface area contributed by atoms with E-state index in [4.69, 9.17) is 4.74 Å². The van der Waals surface area contributed by atoms with Crippen molar-refractivity contribution in [3.63, 3.8) is 0 Å². The molecule has 82 valence electrons. The Balaban J connectivity index is 2.60. The summed E-state index contributed by atoms with van der Waals surface area (Å²) in [6.07, 6.45) is 3.44. The Bertz CT molecular complexity index is 543. The summed E-state index contributed by atoms with van der Waals surface area (Å²) in [5.74, 6) is -0.416. The van der Waals surface area contributed by atoms with Crippen LogP contribution >= 0.6 is 0 Å². The van der Waals surface area contributed by atoms with Crippen molar-refractivity contribution < 1.29 is 9.53 Å². The van der Waals surface area contributed by atoms with Crippen LogP contribution in [0.2, 0.25) is 0 Å². The van der Waals surface area contributed by atoms with Crippen LogP contribution in [0.3, 0.4) is 0 Å². The van der Waals surface area contributed by atoms with Gasteiger partial charge in [0, 0.05) is 6.20 Å². The van der Waals surface area contributed by atoms with Crippen LogP contribution in [0, 0.1) is 0 Å². The van der Waals surface area contributed by atoms with E-state index in [1.54, 1.807) is 17.4 Å². The molecule has 0 N–H and O–H groups in total. The molecule has 0 aromatic carbocycles. The predicted octanol–water partition coefficient (Wildman–Crippen LogP) is 2.15. The van der Waals surface area contributed by atoms with Gasteiger partial charge in [0.05, 0.1) is 12.3 Å². The van der Waals surface area contributed by atoms with E-state index in [0.717, 1.165) is 0 Å². The van der Waals surface area contributed by atoms with E-state index in [1.165, 1.54) is 0 Å². The number of fused-ring (bicyclic) bond motifs is 1. The lowest BCUT2D eigenvalue weighted by molar-refractivity contribution is 0.0520. The van der Waals surface area contributed by atoms with Gasteiger partial charge < -0.3 is 4.74 Å². The smallest absolute Gasteiger partial charge is 0.359 e. The van der Waals surface area contributed by atoms with Gasteiger partial charge in [0.2, 0.25) is 0 Å².